The summed E-state index contributed by atoms with van der Waals surface area (Å²) in [5.41, 5.74) is 5.79. The number of aromatic nitrogens is 2. The molecule has 0 radical (unpaired) electrons. The Labute approximate surface area is 159 Å². The van der Waals surface area contributed by atoms with Crippen molar-refractivity contribution in [2.75, 3.05) is 12.4 Å². The fourth-order valence-electron chi connectivity index (χ4n) is 3.10. The van der Waals surface area contributed by atoms with Crippen LogP contribution in [0, 0.1) is 13.8 Å². The van der Waals surface area contributed by atoms with Crippen molar-refractivity contribution in [2.45, 2.75) is 33.7 Å². The minimum Gasteiger partial charge on any atom is -0.496 e. The maximum absolute atomic E-state index is 11.9. The number of methoxy groups -OCH3 is 1. The first-order valence-corrected chi connectivity index (χ1v) is 8.87. The van der Waals surface area contributed by atoms with Crippen molar-refractivity contribution < 1.29 is 9.53 Å². The van der Waals surface area contributed by atoms with E-state index in [9.17, 15) is 4.79 Å². The molecule has 0 fully saturated rings. The number of nitrogens with one attached hydrogen (secondary N) is 2. The number of urea groups is 1. The zero-order valence-corrected chi connectivity index (χ0v) is 16.3. The lowest BCUT2D eigenvalue weighted by Crippen LogP contribution is -2.34. The number of amides is 2. The molecule has 1 heterocycles. The average Bonchev–Trinajstić information content (AvgIpc) is 2.60. The number of rotatable bonds is 4. The number of nitrogens with zero attached hydrogens (tertiary/aromatic N) is 2. The quantitative estimate of drug-likeness (QED) is 0.717. The van der Waals surface area contributed by atoms with Crippen LogP contribution in [0.15, 0.2) is 36.5 Å². The number of hydrogen-bond donors (Lipinski definition) is 2. The van der Waals surface area contributed by atoms with Gasteiger partial charge in [0.15, 0.2) is 5.82 Å². The van der Waals surface area contributed by atoms with Crippen LogP contribution in [0.1, 0.15) is 25.0 Å². The summed E-state index contributed by atoms with van der Waals surface area (Å²) in [7, 11) is 1.69. The van der Waals surface area contributed by atoms with Gasteiger partial charge in [0.25, 0.3) is 0 Å². The summed E-state index contributed by atoms with van der Waals surface area (Å²) < 4.78 is 5.45. The second-order valence-electron chi connectivity index (χ2n) is 6.86. The molecule has 3 aromatic rings. The van der Waals surface area contributed by atoms with Gasteiger partial charge >= 0.3 is 6.03 Å². The van der Waals surface area contributed by atoms with Crippen molar-refractivity contribution >= 4 is 22.9 Å². The van der Waals surface area contributed by atoms with Crippen LogP contribution in [0.25, 0.3) is 22.2 Å². The van der Waals surface area contributed by atoms with Gasteiger partial charge in [0.1, 0.15) is 5.75 Å². The molecule has 2 N–H and O–H groups in total. The molecule has 0 aliphatic rings. The van der Waals surface area contributed by atoms with Gasteiger partial charge in [-0.25, -0.2) is 9.78 Å². The molecule has 0 aliphatic heterocycles. The van der Waals surface area contributed by atoms with Gasteiger partial charge in [0.2, 0.25) is 0 Å². The Morgan fingerprint density at radius 1 is 1.04 bits per heavy atom. The first kappa shape index (κ1) is 18.6. The summed E-state index contributed by atoms with van der Waals surface area (Å²) in [5, 5.41) is 5.49. The van der Waals surface area contributed by atoms with Crippen molar-refractivity contribution in [2.24, 2.45) is 0 Å². The molecule has 0 spiro atoms. The molecule has 0 saturated heterocycles. The summed E-state index contributed by atoms with van der Waals surface area (Å²) in [6.45, 7) is 7.87. The molecule has 6 nitrogen and oxygen atoms in total. The number of aryl methyl sites for hydroxylation is 2. The van der Waals surface area contributed by atoms with Crippen molar-refractivity contribution in [3.8, 4) is 16.9 Å². The maximum atomic E-state index is 11.9. The van der Waals surface area contributed by atoms with E-state index in [0.717, 1.165) is 39.0 Å². The third kappa shape index (κ3) is 4.16. The van der Waals surface area contributed by atoms with Crippen molar-refractivity contribution in [3.05, 3.63) is 47.7 Å². The minimum atomic E-state index is -0.295. The van der Waals surface area contributed by atoms with Gasteiger partial charge in [-0.05, 0) is 74.2 Å². The third-order valence-electron chi connectivity index (χ3n) is 4.20. The van der Waals surface area contributed by atoms with Gasteiger partial charge in [0, 0.05) is 6.04 Å². The molecule has 2 aromatic carbocycles. The summed E-state index contributed by atoms with van der Waals surface area (Å²) in [6, 6.07) is 9.88. The molecule has 6 heteroatoms. The molecule has 3 rings (SSSR count). The first-order valence-electron chi connectivity index (χ1n) is 8.87. The Hall–Kier alpha value is -3.15. The van der Waals surface area contributed by atoms with Gasteiger partial charge in [-0.1, -0.05) is 6.07 Å². The van der Waals surface area contributed by atoms with E-state index in [4.69, 9.17) is 4.74 Å². The standard InChI is InChI=1S/C21H24N4O2/c1-12(2)23-21(26)25-19-11-22-17-7-6-15(10-18(17)24-19)16-8-13(3)20(27-5)14(4)9-16/h6-12H,1-5H3,(H2,23,24,25,26). The molecule has 27 heavy (non-hydrogen) atoms. The number of anilines is 1. The SMILES string of the molecule is COc1c(C)cc(-c2ccc3ncc(NC(=O)NC(C)C)nc3c2)cc1C. The van der Waals surface area contributed by atoms with Crippen LogP contribution in [0.4, 0.5) is 10.6 Å². The van der Waals surface area contributed by atoms with Crippen LogP contribution in [-0.4, -0.2) is 29.2 Å². The lowest BCUT2D eigenvalue weighted by atomic mass is 9.99. The second kappa shape index (κ2) is 7.61. The lowest BCUT2D eigenvalue weighted by molar-refractivity contribution is 0.250. The molecule has 0 atom stereocenters. The molecular weight excluding hydrogens is 340 g/mol. The van der Waals surface area contributed by atoms with Crippen LogP contribution in [0.5, 0.6) is 5.75 Å². The van der Waals surface area contributed by atoms with Crippen LogP contribution < -0.4 is 15.4 Å². The summed E-state index contributed by atoms with van der Waals surface area (Å²) in [5.74, 6) is 1.32. The fourth-order valence-corrected chi connectivity index (χ4v) is 3.10. The summed E-state index contributed by atoms with van der Waals surface area (Å²) in [4.78, 5) is 20.8. The number of carbonyl (C=O) groups excluding carboxylic acids is 1. The Bertz CT molecular complexity index is 976. The van der Waals surface area contributed by atoms with Crippen LogP contribution >= 0.6 is 0 Å². The third-order valence-corrected chi connectivity index (χ3v) is 4.20. The zero-order chi connectivity index (χ0) is 19.6. The van der Waals surface area contributed by atoms with E-state index in [0.29, 0.717) is 5.82 Å². The van der Waals surface area contributed by atoms with Gasteiger partial charge < -0.3 is 10.1 Å². The van der Waals surface area contributed by atoms with Crippen LogP contribution in [-0.2, 0) is 0 Å². The average molecular weight is 364 g/mol. The Morgan fingerprint density at radius 2 is 1.74 bits per heavy atom. The highest BCUT2D eigenvalue weighted by Crippen LogP contribution is 2.31. The van der Waals surface area contributed by atoms with Gasteiger partial charge in [-0.3, -0.25) is 10.3 Å². The molecule has 0 aliphatic carbocycles. The molecular formula is C21H24N4O2. The van der Waals surface area contributed by atoms with Crippen molar-refractivity contribution in [1.29, 1.82) is 0 Å². The molecule has 140 valence electrons. The van der Waals surface area contributed by atoms with E-state index < -0.39 is 0 Å². The molecule has 0 saturated carbocycles. The predicted molar refractivity (Wildman–Crippen MR) is 108 cm³/mol. The van der Waals surface area contributed by atoms with E-state index in [1.807, 2.05) is 45.9 Å². The number of carbonyl (C=O) groups is 1. The highest BCUT2D eigenvalue weighted by Gasteiger charge is 2.10. The second-order valence-corrected chi connectivity index (χ2v) is 6.86. The van der Waals surface area contributed by atoms with Crippen molar-refractivity contribution in [3.63, 3.8) is 0 Å². The summed E-state index contributed by atoms with van der Waals surface area (Å²) >= 11 is 0. The van der Waals surface area contributed by atoms with Gasteiger partial charge in [-0.15, -0.1) is 0 Å². The number of ether oxygens (including phenoxy) is 1. The Morgan fingerprint density at radius 3 is 2.37 bits per heavy atom. The monoisotopic (exact) mass is 364 g/mol. The summed E-state index contributed by atoms with van der Waals surface area (Å²) in [6.07, 6.45) is 1.56. The highest BCUT2D eigenvalue weighted by molar-refractivity contribution is 5.90. The van der Waals surface area contributed by atoms with E-state index in [-0.39, 0.29) is 12.1 Å². The van der Waals surface area contributed by atoms with Crippen LogP contribution in [0.2, 0.25) is 0 Å². The maximum Gasteiger partial charge on any atom is 0.320 e. The Kier molecular flexibility index (Phi) is 5.26. The predicted octanol–water partition coefficient (Wildman–Crippen LogP) is 4.45. The first-order chi connectivity index (χ1) is 12.9. The normalized spacial score (nSPS) is 10.9. The lowest BCUT2D eigenvalue weighted by Gasteiger charge is -2.12. The van der Waals surface area contributed by atoms with E-state index in [1.165, 1.54) is 0 Å². The fraction of sp³-hybridized carbons (Fsp3) is 0.286. The minimum absolute atomic E-state index is 0.0477. The smallest absolute Gasteiger partial charge is 0.320 e. The molecule has 2 amide bonds. The van der Waals surface area contributed by atoms with E-state index >= 15 is 0 Å². The number of fused-ring (bicyclic) bond motifs is 1. The number of hydrogen-bond acceptors (Lipinski definition) is 4. The van der Waals surface area contributed by atoms with Gasteiger partial charge in [-0.2, -0.15) is 0 Å². The zero-order valence-electron chi connectivity index (χ0n) is 16.3. The molecule has 0 bridgehead atoms. The Balaban J connectivity index is 1.95. The topological polar surface area (TPSA) is 76.1 Å². The van der Waals surface area contributed by atoms with Crippen LogP contribution in [0.3, 0.4) is 0 Å². The molecule has 0 unspecified atom stereocenters. The highest BCUT2D eigenvalue weighted by atomic mass is 16.5. The van der Waals surface area contributed by atoms with E-state index in [2.05, 4.69) is 32.7 Å². The van der Waals surface area contributed by atoms with Gasteiger partial charge in [0.05, 0.1) is 24.3 Å². The van der Waals surface area contributed by atoms with E-state index in [1.54, 1.807) is 13.3 Å². The molecule has 1 aromatic heterocycles. The largest absolute Gasteiger partial charge is 0.496 e. The number of benzene rings is 2. The van der Waals surface area contributed by atoms with Crippen molar-refractivity contribution in [1.82, 2.24) is 15.3 Å².